The minimum Gasteiger partial charge on any atom is -0.507 e. The van der Waals surface area contributed by atoms with Gasteiger partial charge in [-0.1, -0.05) is 12.8 Å². The number of phenols is 1. The van der Waals surface area contributed by atoms with Crippen LogP contribution >= 0.6 is 0 Å². The van der Waals surface area contributed by atoms with Crippen molar-refractivity contribution in [2.45, 2.75) is 31.2 Å². The lowest BCUT2D eigenvalue weighted by atomic mass is 9.98. The van der Waals surface area contributed by atoms with Crippen molar-refractivity contribution in [1.82, 2.24) is 0 Å². The van der Waals surface area contributed by atoms with E-state index in [2.05, 4.69) is 5.32 Å². The Morgan fingerprint density at radius 3 is 2.47 bits per heavy atom. The second kappa shape index (κ2) is 4.89. The van der Waals surface area contributed by atoms with Crippen LogP contribution in [0.3, 0.4) is 0 Å². The third-order valence-corrected chi connectivity index (χ3v) is 3.43. The molecule has 0 aromatic heterocycles. The summed E-state index contributed by atoms with van der Waals surface area (Å²) in [5, 5.41) is 20.9. The van der Waals surface area contributed by atoms with E-state index >= 15 is 0 Å². The lowest BCUT2D eigenvalue weighted by molar-refractivity contribution is -0.121. The molecule has 1 aliphatic carbocycles. The highest BCUT2D eigenvalue weighted by atomic mass is 16.4. The van der Waals surface area contributed by atoms with E-state index in [0.29, 0.717) is 18.5 Å². The van der Waals surface area contributed by atoms with E-state index in [9.17, 15) is 14.7 Å². The van der Waals surface area contributed by atoms with Crippen LogP contribution in [0, 0.1) is 0 Å². The summed E-state index contributed by atoms with van der Waals surface area (Å²) in [6.45, 7) is 0. The smallest absolute Gasteiger partial charge is 0.339 e. The summed E-state index contributed by atoms with van der Waals surface area (Å²) in [5.41, 5.74) is 5.19. The molecule has 6 heteroatoms. The Balaban J connectivity index is 2.17. The number of aromatic carboxylic acids is 1. The van der Waals surface area contributed by atoms with Gasteiger partial charge in [0.15, 0.2) is 0 Å². The zero-order chi connectivity index (χ0) is 14.0. The molecule has 0 bridgehead atoms. The van der Waals surface area contributed by atoms with Gasteiger partial charge < -0.3 is 21.3 Å². The zero-order valence-electron chi connectivity index (χ0n) is 10.3. The molecule has 2 rings (SSSR count). The molecule has 0 saturated heterocycles. The summed E-state index contributed by atoms with van der Waals surface area (Å²) in [7, 11) is 0. The van der Waals surface area contributed by atoms with Gasteiger partial charge in [0.1, 0.15) is 11.3 Å². The number of aromatic hydroxyl groups is 1. The Hall–Kier alpha value is -2.08. The van der Waals surface area contributed by atoms with Gasteiger partial charge >= 0.3 is 5.97 Å². The highest BCUT2D eigenvalue weighted by Gasteiger charge is 2.37. The molecule has 1 fully saturated rings. The van der Waals surface area contributed by atoms with Crippen LogP contribution in [0.25, 0.3) is 0 Å². The van der Waals surface area contributed by atoms with E-state index < -0.39 is 11.5 Å². The van der Waals surface area contributed by atoms with Crippen molar-refractivity contribution >= 4 is 17.6 Å². The van der Waals surface area contributed by atoms with Crippen LogP contribution in [-0.4, -0.2) is 27.6 Å². The largest absolute Gasteiger partial charge is 0.507 e. The van der Waals surface area contributed by atoms with Crippen LogP contribution in [0.4, 0.5) is 5.69 Å². The number of nitrogens with two attached hydrogens (primary N) is 1. The Bertz CT molecular complexity index is 521. The van der Waals surface area contributed by atoms with Gasteiger partial charge in [-0.3, -0.25) is 4.79 Å². The predicted octanol–water partition coefficient (Wildman–Crippen LogP) is 1.30. The van der Waals surface area contributed by atoms with Crippen molar-refractivity contribution in [2.75, 3.05) is 5.32 Å². The van der Waals surface area contributed by atoms with E-state index in [0.717, 1.165) is 12.8 Å². The fourth-order valence-electron chi connectivity index (χ4n) is 2.27. The van der Waals surface area contributed by atoms with Crippen molar-refractivity contribution < 1.29 is 19.8 Å². The Morgan fingerprint density at radius 2 is 1.89 bits per heavy atom. The van der Waals surface area contributed by atoms with Crippen LogP contribution in [0.2, 0.25) is 0 Å². The van der Waals surface area contributed by atoms with Gasteiger partial charge in [0, 0.05) is 5.69 Å². The number of rotatable bonds is 3. The Morgan fingerprint density at radius 1 is 1.26 bits per heavy atom. The number of carbonyl (C=O) groups excluding carboxylic acids is 1. The maximum absolute atomic E-state index is 12.1. The lowest BCUT2D eigenvalue weighted by Crippen LogP contribution is -2.48. The number of carboxylic acids is 1. The summed E-state index contributed by atoms with van der Waals surface area (Å²) in [5.74, 6) is -1.90. The monoisotopic (exact) mass is 264 g/mol. The molecule has 102 valence electrons. The highest BCUT2D eigenvalue weighted by molar-refractivity contribution is 5.99. The van der Waals surface area contributed by atoms with Crippen LogP contribution in [-0.2, 0) is 4.79 Å². The molecule has 0 aliphatic heterocycles. The molecular formula is C13H16N2O4. The molecule has 1 aliphatic rings. The first kappa shape index (κ1) is 13.4. The number of hydrogen-bond donors (Lipinski definition) is 4. The van der Waals surface area contributed by atoms with Gasteiger partial charge in [-0.05, 0) is 31.0 Å². The molecule has 5 N–H and O–H groups in total. The average molecular weight is 264 g/mol. The van der Waals surface area contributed by atoms with E-state index in [1.165, 1.54) is 18.2 Å². The highest BCUT2D eigenvalue weighted by Crippen LogP contribution is 2.29. The second-order valence-electron chi connectivity index (χ2n) is 4.85. The molecule has 1 aromatic carbocycles. The Labute approximate surface area is 110 Å². The maximum Gasteiger partial charge on any atom is 0.339 e. The van der Waals surface area contributed by atoms with Gasteiger partial charge in [0.05, 0.1) is 5.54 Å². The maximum atomic E-state index is 12.1. The normalized spacial score (nSPS) is 17.1. The quantitative estimate of drug-likeness (QED) is 0.615. The number of anilines is 1. The number of amides is 1. The molecule has 6 nitrogen and oxygen atoms in total. The Kier molecular flexibility index (Phi) is 3.44. The molecule has 0 heterocycles. The zero-order valence-corrected chi connectivity index (χ0v) is 10.3. The van der Waals surface area contributed by atoms with Crippen molar-refractivity contribution in [3.63, 3.8) is 0 Å². The van der Waals surface area contributed by atoms with E-state index in [4.69, 9.17) is 10.8 Å². The van der Waals surface area contributed by atoms with Gasteiger partial charge in [0.25, 0.3) is 0 Å². The van der Waals surface area contributed by atoms with Crippen molar-refractivity contribution in [1.29, 1.82) is 0 Å². The van der Waals surface area contributed by atoms with Crippen molar-refractivity contribution in [2.24, 2.45) is 5.73 Å². The van der Waals surface area contributed by atoms with E-state index in [-0.39, 0.29) is 17.2 Å². The SMILES string of the molecule is NC1(C(=O)Nc2ccc(O)c(C(=O)O)c2)CCCC1. The van der Waals surface area contributed by atoms with Crippen LogP contribution in [0.15, 0.2) is 18.2 Å². The standard InChI is InChI=1S/C13H16N2O4/c14-13(5-1-2-6-13)12(19)15-8-3-4-10(16)9(7-8)11(17)18/h3-4,7,16H,1-2,5-6,14H2,(H,15,19)(H,17,18). The minimum absolute atomic E-state index is 0.254. The fourth-order valence-corrected chi connectivity index (χ4v) is 2.27. The van der Waals surface area contributed by atoms with Gasteiger partial charge in [-0.15, -0.1) is 0 Å². The first-order valence-corrected chi connectivity index (χ1v) is 6.09. The van der Waals surface area contributed by atoms with Crippen molar-refractivity contribution in [3.05, 3.63) is 23.8 Å². The average Bonchev–Trinajstić information content (AvgIpc) is 2.79. The molecule has 19 heavy (non-hydrogen) atoms. The second-order valence-corrected chi connectivity index (χ2v) is 4.85. The van der Waals surface area contributed by atoms with Crippen LogP contribution in [0.5, 0.6) is 5.75 Å². The third kappa shape index (κ3) is 2.68. The molecule has 1 aromatic rings. The van der Waals surface area contributed by atoms with E-state index in [1.54, 1.807) is 0 Å². The molecule has 0 atom stereocenters. The first-order valence-electron chi connectivity index (χ1n) is 6.09. The minimum atomic E-state index is -1.25. The number of nitrogens with one attached hydrogen (secondary N) is 1. The first-order chi connectivity index (χ1) is 8.92. The summed E-state index contributed by atoms with van der Waals surface area (Å²) in [6, 6.07) is 3.89. The summed E-state index contributed by atoms with van der Waals surface area (Å²) < 4.78 is 0. The number of hydrogen-bond acceptors (Lipinski definition) is 4. The molecule has 0 unspecified atom stereocenters. The van der Waals surface area contributed by atoms with E-state index in [1.807, 2.05) is 0 Å². The summed E-state index contributed by atoms with van der Waals surface area (Å²) in [4.78, 5) is 22.9. The van der Waals surface area contributed by atoms with Crippen molar-refractivity contribution in [3.8, 4) is 5.75 Å². The number of carboxylic acid groups (broad SMARTS) is 1. The predicted molar refractivity (Wildman–Crippen MR) is 69.1 cm³/mol. The molecule has 1 amide bonds. The van der Waals surface area contributed by atoms with Gasteiger partial charge in [-0.2, -0.15) is 0 Å². The number of carbonyl (C=O) groups is 2. The third-order valence-electron chi connectivity index (χ3n) is 3.43. The van der Waals surface area contributed by atoms with Crippen LogP contribution < -0.4 is 11.1 Å². The summed E-state index contributed by atoms with van der Waals surface area (Å²) >= 11 is 0. The lowest BCUT2D eigenvalue weighted by Gasteiger charge is -2.22. The number of benzene rings is 1. The topological polar surface area (TPSA) is 113 Å². The summed E-state index contributed by atoms with van der Waals surface area (Å²) in [6.07, 6.45) is 3.09. The molecule has 0 spiro atoms. The fraction of sp³-hybridized carbons (Fsp3) is 0.385. The molecular weight excluding hydrogens is 248 g/mol. The molecule has 1 saturated carbocycles. The van der Waals surface area contributed by atoms with Gasteiger partial charge in [0.2, 0.25) is 5.91 Å². The molecule has 0 radical (unpaired) electrons. The van der Waals surface area contributed by atoms with Gasteiger partial charge in [-0.25, -0.2) is 4.79 Å². The van der Waals surface area contributed by atoms with Crippen LogP contribution in [0.1, 0.15) is 36.0 Å².